The molecule has 0 atom stereocenters. The van der Waals surface area contributed by atoms with Gasteiger partial charge in [0.05, 0.1) is 6.54 Å². The number of likely N-dealkylation sites (tertiary alicyclic amines) is 2. The van der Waals surface area contributed by atoms with Gasteiger partial charge in [-0.2, -0.15) is 0 Å². The number of nitrogens with two attached hydrogens (primary N) is 1. The number of carbonyl (C=O) groups is 1. The van der Waals surface area contributed by atoms with Crippen molar-refractivity contribution in [3.05, 3.63) is 0 Å². The molecule has 0 aliphatic carbocycles. The summed E-state index contributed by atoms with van der Waals surface area (Å²) in [5, 5.41) is 0. The Morgan fingerprint density at radius 1 is 1.13 bits per heavy atom. The Labute approximate surface area is 91.4 Å². The molecule has 2 saturated heterocycles. The fourth-order valence-corrected chi connectivity index (χ4v) is 2.77. The largest absolute Gasteiger partial charge is 0.369 e. The zero-order valence-electron chi connectivity index (χ0n) is 9.32. The van der Waals surface area contributed by atoms with Crippen molar-refractivity contribution >= 4 is 5.91 Å². The van der Waals surface area contributed by atoms with Crippen LogP contribution in [0.4, 0.5) is 0 Å². The number of hydrogen-bond acceptors (Lipinski definition) is 3. The second kappa shape index (κ2) is 4.94. The van der Waals surface area contributed by atoms with E-state index in [-0.39, 0.29) is 5.91 Å². The standard InChI is InChI=1S/C11H21N3O/c12-11(15)9-13-7-3-10(4-8-13)14-5-1-2-6-14/h10H,1-9H2,(H2,12,15). The van der Waals surface area contributed by atoms with Crippen molar-refractivity contribution in [2.75, 3.05) is 32.7 Å². The van der Waals surface area contributed by atoms with Gasteiger partial charge in [-0.15, -0.1) is 0 Å². The Morgan fingerprint density at radius 3 is 2.27 bits per heavy atom. The van der Waals surface area contributed by atoms with Gasteiger partial charge in [0.15, 0.2) is 0 Å². The van der Waals surface area contributed by atoms with E-state index in [4.69, 9.17) is 5.73 Å². The molecule has 4 nitrogen and oxygen atoms in total. The molecule has 0 aromatic rings. The highest BCUT2D eigenvalue weighted by Gasteiger charge is 2.26. The van der Waals surface area contributed by atoms with Crippen LogP contribution < -0.4 is 5.73 Å². The molecule has 2 heterocycles. The molecule has 0 saturated carbocycles. The van der Waals surface area contributed by atoms with E-state index >= 15 is 0 Å². The van der Waals surface area contributed by atoms with Crippen LogP contribution in [0.2, 0.25) is 0 Å². The van der Waals surface area contributed by atoms with Gasteiger partial charge in [-0.25, -0.2) is 0 Å². The van der Waals surface area contributed by atoms with E-state index in [1.165, 1.54) is 38.8 Å². The van der Waals surface area contributed by atoms with Crippen molar-refractivity contribution in [3.63, 3.8) is 0 Å². The Morgan fingerprint density at radius 2 is 1.73 bits per heavy atom. The lowest BCUT2D eigenvalue weighted by Crippen LogP contribution is -2.46. The Balaban J connectivity index is 1.73. The molecule has 0 radical (unpaired) electrons. The molecule has 0 aromatic carbocycles. The molecule has 4 heteroatoms. The summed E-state index contributed by atoms with van der Waals surface area (Å²) in [6.45, 7) is 5.06. The van der Waals surface area contributed by atoms with Crippen molar-refractivity contribution in [2.45, 2.75) is 31.7 Å². The van der Waals surface area contributed by atoms with Crippen molar-refractivity contribution < 1.29 is 4.79 Å². The first-order valence-corrected chi connectivity index (χ1v) is 6.00. The second-order valence-electron chi connectivity index (χ2n) is 4.72. The molecular weight excluding hydrogens is 190 g/mol. The summed E-state index contributed by atoms with van der Waals surface area (Å²) in [4.78, 5) is 15.6. The van der Waals surface area contributed by atoms with E-state index in [1.807, 2.05) is 0 Å². The van der Waals surface area contributed by atoms with E-state index in [9.17, 15) is 4.79 Å². The van der Waals surface area contributed by atoms with Crippen molar-refractivity contribution in [1.29, 1.82) is 0 Å². The number of amides is 1. The van der Waals surface area contributed by atoms with Crippen LogP contribution >= 0.6 is 0 Å². The first kappa shape index (κ1) is 10.9. The molecule has 2 aliphatic rings. The molecule has 2 rings (SSSR count). The third-order valence-corrected chi connectivity index (χ3v) is 3.59. The predicted octanol–water partition coefficient (Wildman–Crippen LogP) is 0.0319. The van der Waals surface area contributed by atoms with Gasteiger partial charge in [-0.1, -0.05) is 0 Å². The maximum Gasteiger partial charge on any atom is 0.231 e. The van der Waals surface area contributed by atoms with E-state index in [1.54, 1.807) is 0 Å². The zero-order chi connectivity index (χ0) is 10.7. The third kappa shape index (κ3) is 2.92. The average Bonchev–Trinajstić information content (AvgIpc) is 2.71. The van der Waals surface area contributed by atoms with Crippen LogP contribution in [0.3, 0.4) is 0 Å². The van der Waals surface area contributed by atoms with Crippen molar-refractivity contribution in [3.8, 4) is 0 Å². The van der Waals surface area contributed by atoms with Crippen LogP contribution in [0.1, 0.15) is 25.7 Å². The molecule has 2 aliphatic heterocycles. The second-order valence-corrected chi connectivity index (χ2v) is 4.72. The van der Waals surface area contributed by atoms with Gasteiger partial charge in [0.1, 0.15) is 0 Å². The molecule has 86 valence electrons. The van der Waals surface area contributed by atoms with E-state index in [0.29, 0.717) is 6.54 Å². The van der Waals surface area contributed by atoms with Crippen LogP contribution in [0, 0.1) is 0 Å². The fourth-order valence-electron chi connectivity index (χ4n) is 2.77. The van der Waals surface area contributed by atoms with Gasteiger partial charge in [0.2, 0.25) is 5.91 Å². The third-order valence-electron chi connectivity index (χ3n) is 3.59. The molecule has 2 fully saturated rings. The minimum Gasteiger partial charge on any atom is -0.369 e. The van der Waals surface area contributed by atoms with Crippen LogP contribution in [-0.4, -0.2) is 54.5 Å². The Hall–Kier alpha value is -0.610. The predicted molar refractivity (Wildman–Crippen MR) is 59.5 cm³/mol. The van der Waals surface area contributed by atoms with E-state index < -0.39 is 0 Å². The van der Waals surface area contributed by atoms with Gasteiger partial charge < -0.3 is 10.6 Å². The highest BCUT2D eigenvalue weighted by Crippen LogP contribution is 2.20. The summed E-state index contributed by atoms with van der Waals surface area (Å²) in [6, 6.07) is 0.761. The van der Waals surface area contributed by atoms with E-state index in [2.05, 4.69) is 9.80 Å². The molecule has 15 heavy (non-hydrogen) atoms. The molecule has 2 N–H and O–H groups in total. The van der Waals surface area contributed by atoms with E-state index in [0.717, 1.165) is 19.1 Å². The van der Waals surface area contributed by atoms with Gasteiger partial charge in [-0.3, -0.25) is 9.69 Å². The number of hydrogen-bond donors (Lipinski definition) is 1. The molecule has 1 amide bonds. The zero-order valence-corrected chi connectivity index (χ0v) is 9.32. The fraction of sp³-hybridized carbons (Fsp3) is 0.909. The maximum absolute atomic E-state index is 10.8. The number of piperidine rings is 1. The smallest absolute Gasteiger partial charge is 0.231 e. The molecule has 0 bridgehead atoms. The molecule has 0 aromatic heterocycles. The van der Waals surface area contributed by atoms with Crippen LogP contribution in [-0.2, 0) is 4.79 Å². The van der Waals surface area contributed by atoms with Gasteiger partial charge >= 0.3 is 0 Å². The molecular formula is C11H21N3O. The summed E-state index contributed by atoms with van der Waals surface area (Å²) in [6.07, 6.45) is 5.13. The highest BCUT2D eigenvalue weighted by molar-refractivity contribution is 5.75. The Bertz CT molecular complexity index is 218. The van der Waals surface area contributed by atoms with Crippen LogP contribution in [0.15, 0.2) is 0 Å². The topological polar surface area (TPSA) is 49.6 Å². The lowest BCUT2D eigenvalue weighted by Gasteiger charge is -2.36. The van der Waals surface area contributed by atoms with Gasteiger partial charge in [-0.05, 0) is 38.8 Å². The first-order valence-electron chi connectivity index (χ1n) is 6.00. The Kier molecular flexibility index (Phi) is 3.59. The lowest BCUT2D eigenvalue weighted by atomic mass is 10.0. The van der Waals surface area contributed by atoms with Crippen LogP contribution in [0.5, 0.6) is 0 Å². The minimum absolute atomic E-state index is 0.199. The summed E-state index contributed by atoms with van der Waals surface area (Å²) in [5.74, 6) is -0.199. The number of carbonyl (C=O) groups excluding carboxylic acids is 1. The van der Waals surface area contributed by atoms with Crippen molar-refractivity contribution in [1.82, 2.24) is 9.80 Å². The van der Waals surface area contributed by atoms with Crippen LogP contribution in [0.25, 0.3) is 0 Å². The summed E-state index contributed by atoms with van der Waals surface area (Å²) in [7, 11) is 0. The molecule has 0 unspecified atom stereocenters. The highest BCUT2D eigenvalue weighted by atomic mass is 16.1. The summed E-state index contributed by atoms with van der Waals surface area (Å²) in [5.41, 5.74) is 5.19. The van der Waals surface area contributed by atoms with Gasteiger partial charge in [0.25, 0.3) is 0 Å². The molecule has 0 spiro atoms. The summed E-state index contributed by atoms with van der Waals surface area (Å²) >= 11 is 0. The van der Waals surface area contributed by atoms with Gasteiger partial charge in [0, 0.05) is 19.1 Å². The minimum atomic E-state index is -0.199. The number of nitrogens with zero attached hydrogens (tertiary/aromatic N) is 2. The van der Waals surface area contributed by atoms with Crippen molar-refractivity contribution in [2.24, 2.45) is 5.73 Å². The average molecular weight is 211 g/mol. The number of rotatable bonds is 3. The monoisotopic (exact) mass is 211 g/mol. The first-order chi connectivity index (χ1) is 7.25. The SMILES string of the molecule is NC(=O)CN1CCC(N2CCCC2)CC1. The quantitative estimate of drug-likeness (QED) is 0.716. The maximum atomic E-state index is 10.8. The lowest BCUT2D eigenvalue weighted by molar-refractivity contribution is -0.119. The normalized spacial score (nSPS) is 25.9. The summed E-state index contributed by atoms with van der Waals surface area (Å²) < 4.78 is 0. The number of primary amides is 1.